The first-order valence-corrected chi connectivity index (χ1v) is 6.14. The minimum atomic E-state index is -2.63. The van der Waals surface area contributed by atoms with E-state index in [-0.39, 0.29) is 18.9 Å². The summed E-state index contributed by atoms with van der Waals surface area (Å²) < 4.78 is 26.2. The smallest absolute Gasteiger partial charge is 0.341 e. The number of rotatable bonds is 3. The standard InChI is InChI=1S/C11H18F2N2O2/c12-11(13)5-1-3-8(7-11)15-17-10(16)9-4-2-6-14-9/h8-9,14-15H,1-7H2. The van der Waals surface area contributed by atoms with Crippen molar-refractivity contribution in [2.45, 2.75) is 56.5 Å². The van der Waals surface area contributed by atoms with Crippen LogP contribution in [-0.4, -0.2) is 30.5 Å². The molecule has 0 aromatic heterocycles. The molecule has 0 spiro atoms. The summed E-state index contributed by atoms with van der Waals surface area (Å²) in [5, 5.41) is 3.00. The lowest BCUT2D eigenvalue weighted by Crippen LogP contribution is -2.43. The zero-order chi connectivity index (χ0) is 12.3. The maximum atomic E-state index is 13.1. The highest BCUT2D eigenvalue weighted by molar-refractivity contribution is 5.75. The number of carbonyl (C=O) groups is 1. The van der Waals surface area contributed by atoms with Crippen LogP contribution in [0.15, 0.2) is 0 Å². The molecule has 1 saturated heterocycles. The largest absolute Gasteiger partial charge is 0.369 e. The van der Waals surface area contributed by atoms with Gasteiger partial charge in [-0.15, -0.1) is 5.48 Å². The molecule has 0 radical (unpaired) electrons. The van der Waals surface area contributed by atoms with Crippen molar-refractivity contribution in [3.05, 3.63) is 0 Å². The fourth-order valence-electron chi connectivity index (χ4n) is 2.37. The molecule has 2 fully saturated rings. The summed E-state index contributed by atoms with van der Waals surface area (Å²) >= 11 is 0. The number of carbonyl (C=O) groups excluding carboxylic acids is 1. The molecule has 2 N–H and O–H groups in total. The molecule has 4 nitrogen and oxygen atoms in total. The van der Waals surface area contributed by atoms with E-state index in [4.69, 9.17) is 4.84 Å². The Morgan fingerprint density at radius 1 is 1.35 bits per heavy atom. The highest BCUT2D eigenvalue weighted by atomic mass is 19.3. The van der Waals surface area contributed by atoms with E-state index < -0.39 is 17.9 Å². The third kappa shape index (κ3) is 3.61. The molecule has 17 heavy (non-hydrogen) atoms. The SMILES string of the molecule is O=C(ONC1CCCC(F)(F)C1)C1CCCN1. The van der Waals surface area contributed by atoms with Gasteiger partial charge >= 0.3 is 5.97 Å². The molecule has 0 amide bonds. The van der Waals surface area contributed by atoms with Crippen molar-refractivity contribution in [2.75, 3.05) is 6.54 Å². The Morgan fingerprint density at radius 3 is 2.82 bits per heavy atom. The van der Waals surface area contributed by atoms with Crippen LogP contribution in [0, 0.1) is 0 Å². The molecule has 1 saturated carbocycles. The molecule has 1 heterocycles. The first-order valence-electron chi connectivity index (χ1n) is 6.14. The monoisotopic (exact) mass is 248 g/mol. The van der Waals surface area contributed by atoms with Gasteiger partial charge in [-0.3, -0.25) is 0 Å². The summed E-state index contributed by atoms with van der Waals surface area (Å²) in [6.45, 7) is 0.807. The Morgan fingerprint density at radius 2 is 2.18 bits per heavy atom. The minimum absolute atomic E-state index is 0.0662. The molecule has 6 heteroatoms. The van der Waals surface area contributed by atoms with Gasteiger partial charge in [-0.2, -0.15) is 0 Å². The first kappa shape index (κ1) is 12.7. The fourth-order valence-corrected chi connectivity index (χ4v) is 2.37. The topological polar surface area (TPSA) is 50.4 Å². The van der Waals surface area contributed by atoms with Gasteiger partial charge in [-0.25, -0.2) is 13.6 Å². The van der Waals surface area contributed by atoms with Crippen LogP contribution in [0.5, 0.6) is 0 Å². The third-order valence-electron chi connectivity index (χ3n) is 3.31. The fraction of sp³-hybridized carbons (Fsp3) is 0.909. The van der Waals surface area contributed by atoms with Gasteiger partial charge < -0.3 is 10.2 Å². The highest BCUT2D eigenvalue weighted by Gasteiger charge is 2.37. The number of nitrogens with one attached hydrogen (secondary N) is 2. The van der Waals surface area contributed by atoms with E-state index in [1.807, 2.05) is 0 Å². The van der Waals surface area contributed by atoms with Gasteiger partial charge in [0.05, 0.1) is 0 Å². The number of hydrogen-bond acceptors (Lipinski definition) is 4. The van der Waals surface area contributed by atoms with E-state index in [1.165, 1.54) is 0 Å². The second-order valence-electron chi connectivity index (χ2n) is 4.84. The number of halogens is 2. The van der Waals surface area contributed by atoms with Crippen LogP contribution in [0.3, 0.4) is 0 Å². The molecule has 2 atom stereocenters. The van der Waals surface area contributed by atoms with Crippen LogP contribution in [0.4, 0.5) is 8.78 Å². The maximum Gasteiger partial charge on any atom is 0.341 e. The molecule has 98 valence electrons. The van der Waals surface area contributed by atoms with Gasteiger partial charge in [0, 0.05) is 18.9 Å². The summed E-state index contributed by atoms with van der Waals surface area (Å²) in [5.41, 5.74) is 2.48. The number of hydrogen-bond donors (Lipinski definition) is 2. The molecule has 0 bridgehead atoms. The predicted molar refractivity (Wildman–Crippen MR) is 57.5 cm³/mol. The summed E-state index contributed by atoms with van der Waals surface area (Å²) in [6.07, 6.45) is 2.47. The van der Waals surface area contributed by atoms with Gasteiger partial charge in [-0.1, -0.05) is 0 Å². The van der Waals surface area contributed by atoms with Crippen LogP contribution in [0.25, 0.3) is 0 Å². The Balaban J connectivity index is 1.72. The van der Waals surface area contributed by atoms with E-state index in [0.717, 1.165) is 19.4 Å². The van der Waals surface area contributed by atoms with Gasteiger partial charge in [-0.05, 0) is 32.2 Å². The van der Waals surface area contributed by atoms with E-state index in [0.29, 0.717) is 12.8 Å². The van der Waals surface area contributed by atoms with Crippen LogP contribution in [0.1, 0.15) is 38.5 Å². The lowest BCUT2D eigenvalue weighted by atomic mass is 9.93. The second kappa shape index (κ2) is 5.27. The predicted octanol–water partition coefficient (Wildman–Crippen LogP) is 1.36. The van der Waals surface area contributed by atoms with Crippen molar-refractivity contribution in [1.82, 2.24) is 10.8 Å². The van der Waals surface area contributed by atoms with Crippen LogP contribution in [0.2, 0.25) is 0 Å². The van der Waals surface area contributed by atoms with Crippen molar-refractivity contribution in [2.24, 2.45) is 0 Å². The molecular weight excluding hydrogens is 230 g/mol. The van der Waals surface area contributed by atoms with Crippen molar-refractivity contribution < 1.29 is 18.4 Å². The van der Waals surface area contributed by atoms with Crippen LogP contribution in [-0.2, 0) is 9.63 Å². The lowest BCUT2D eigenvalue weighted by molar-refractivity contribution is -0.158. The van der Waals surface area contributed by atoms with Gasteiger partial charge in [0.1, 0.15) is 6.04 Å². The van der Waals surface area contributed by atoms with Crippen molar-refractivity contribution in [3.63, 3.8) is 0 Å². The quantitative estimate of drug-likeness (QED) is 0.741. The van der Waals surface area contributed by atoms with Crippen LogP contribution >= 0.6 is 0 Å². The lowest BCUT2D eigenvalue weighted by Gasteiger charge is -2.28. The summed E-state index contributed by atoms with van der Waals surface area (Å²) in [4.78, 5) is 16.4. The van der Waals surface area contributed by atoms with E-state index in [2.05, 4.69) is 10.8 Å². The van der Waals surface area contributed by atoms with Crippen molar-refractivity contribution >= 4 is 5.97 Å². The minimum Gasteiger partial charge on any atom is -0.369 e. The first-order chi connectivity index (χ1) is 8.07. The molecule has 0 aromatic carbocycles. The van der Waals surface area contributed by atoms with E-state index >= 15 is 0 Å². The Labute approximate surface area is 99.0 Å². The number of alkyl halides is 2. The van der Waals surface area contributed by atoms with E-state index in [9.17, 15) is 13.6 Å². The summed E-state index contributed by atoms with van der Waals surface area (Å²) in [6, 6.07) is -0.712. The zero-order valence-corrected chi connectivity index (χ0v) is 9.68. The molecule has 2 unspecified atom stereocenters. The molecule has 1 aliphatic heterocycles. The Hall–Kier alpha value is -0.750. The molecule has 0 aromatic rings. The van der Waals surface area contributed by atoms with Crippen molar-refractivity contribution in [3.8, 4) is 0 Å². The van der Waals surface area contributed by atoms with Gasteiger partial charge in [0.25, 0.3) is 0 Å². The highest BCUT2D eigenvalue weighted by Crippen LogP contribution is 2.33. The van der Waals surface area contributed by atoms with Crippen LogP contribution < -0.4 is 10.8 Å². The molecule has 2 rings (SSSR count). The number of hydroxylamine groups is 1. The maximum absolute atomic E-state index is 13.1. The summed E-state index contributed by atoms with van der Waals surface area (Å²) in [5.74, 6) is -3.02. The third-order valence-corrected chi connectivity index (χ3v) is 3.31. The average Bonchev–Trinajstić information content (AvgIpc) is 2.78. The van der Waals surface area contributed by atoms with Gasteiger partial charge in [0.15, 0.2) is 0 Å². The normalized spacial score (nSPS) is 32.4. The molecule has 1 aliphatic carbocycles. The Bertz CT molecular complexity index is 281. The summed E-state index contributed by atoms with van der Waals surface area (Å²) in [7, 11) is 0. The Kier molecular flexibility index (Phi) is 3.93. The van der Waals surface area contributed by atoms with Crippen molar-refractivity contribution in [1.29, 1.82) is 0 Å². The molecular formula is C11H18F2N2O2. The van der Waals surface area contributed by atoms with Gasteiger partial charge in [0.2, 0.25) is 5.92 Å². The average molecular weight is 248 g/mol. The second-order valence-corrected chi connectivity index (χ2v) is 4.84. The van der Waals surface area contributed by atoms with E-state index in [1.54, 1.807) is 0 Å². The molecule has 2 aliphatic rings. The zero-order valence-electron chi connectivity index (χ0n) is 9.68.